The number of alkyl carbamates (subject to hydrolysis) is 4. The summed E-state index contributed by atoms with van der Waals surface area (Å²) in [6.45, 7) is 21.8. The van der Waals surface area contributed by atoms with Crippen molar-refractivity contribution in [1.29, 1.82) is 0 Å². The van der Waals surface area contributed by atoms with Crippen molar-refractivity contribution in [3.63, 3.8) is 0 Å². The summed E-state index contributed by atoms with van der Waals surface area (Å²) in [7, 11) is 0. The predicted molar refractivity (Wildman–Crippen MR) is 202 cm³/mol. The second kappa shape index (κ2) is 20.8. The Bertz CT molecular complexity index is 1270. The van der Waals surface area contributed by atoms with Crippen molar-refractivity contribution in [2.75, 3.05) is 13.1 Å². The first kappa shape index (κ1) is 45.1. The fourth-order valence-electron chi connectivity index (χ4n) is 4.09. The number of ether oxygens (including phenoxy) is 4. The van der Waals surface area contributed by atoms with Crippen LogP contribution in [-0.4, -0.2) is 71.8 Å². The van der Waals surface area contributed by atoms with Crippen LogP contribution in [0.1, 0.15) is 131 Å². The number of hydrogen-bond acceptors (Lipinski definition) is 11. The van der Waals surface area contributed by atoms with Gasteiger partial charge >= 0.3 is 24.4 Å². The average Bonchev–Trinajstić information content (AvgIpc) is 3.35. The van der Waals surface area contributed by atoms with Gasteiger partial charge in [0.05, 0.1) is 0 Å². The Kier molecular flexibility index (Phi) is 18.4. The minimum Gasteiger partial charge on any atom is -0.444 e. The molecule has 4 N–H and O–H groups in total. The maximum atomic E-state index is 12.3. The van der Waals surface area contributed by atoms with Crippen LogP contribution in [0.4, 0.5) is 19.2 Å². The van der Waals surface area contributed by atoms with E-state index in [1.165, 1.54) is 9.75 Å². The zero-order valence-electron chi connectivity index (χ0n) is 32.8. The lowest BCUT2D eigenvalue weighted by Crippen LogP contribution is -2.47. The lowest BCUT2D eigenvalue weighted by molar-refractivity contribution is 0.0521. The van der Waals surface area contributed by atoms with E-state index in [0.717, 1.165) is 51.4 Å². The van der Waals surface area contributed by atoms with Gasteiger partial charge in [-0.3, -0.25) is 31.3 Å². The molecule has 0 aliphatic carbocycles. The SMILES string of the molecule is CC(C)(C)OC(=O)NC(=NCCCCCCCc1ccc(CCCN=C(NC(=O)OC(C)(C)C)NC(=O)OC(C)(C)C)s1)NC(=O)OC(C)(C)C. The lowest BCUT2D eigenvalue weighted by Gasteiger charge is -2.22. The minimum absolute atomic E-state index is 0.00539. The van der Waals surface area contributed by atoms with E-state index in [9.17, 15) is 19.2 Å². The summed E-state index contributed by atoms with van der Waals surface area (Å²) in [6.07, 6.45) is 4.60. The van der Waals surface area contributed by atoms with Gasteiger partial charge in [0.25, 0.3) is 0 Å². The van der Waals surface area contributed by atoms with Crippen LogP contribution in [0.5, 0.6) is 0 Å². The molecule has 1 heterocycles. The summed E-state index contributed by atoms with van der Waals surface area (Å²) in [5.41, 5.74) is -2.80. The van der Waals surface area contributed by atoms with Crippen molar-refractivity contribution in [2.45, 2.75) is 157 Å². The molecule has 14 nitrogen and oxygen atoms in total. The van der Waals surface area contributed by atoms with Gasteiger partial charge in [-0.05, 0) is 127 Å². The van der Waals surface area contributed by atoms with Crippen molar-refractivity contribution >= 4 is 47.6 Å². The average molecular weight is 739 g/mol. The highest BCUT2D eigenvalue weighted by atomic mass is 32.1. The van der Waals surface area contributed by atoms with Gasteiger partial charge in [0.1, 0.15) is 22.4 Å². The second-order valence-electron chi connectivity index (χ2n) is 16.0. The van der Waals surface area contributed by atoms with Crippen molar-refractivity contribution in [1.82, 2.24) is 21.3 Å². The summed E-state index contributed by atoms with van der Waals surface area (Å²) in [6, 6.07) is 4.29. The third-order valence-electron chi connectivity index (χ3n) is 5.90. The molecule has 51 heavy (non-hydrogen) atoms. The maximum Gasteiger partial charge on any atom is 0.414 e. The lowest BCUT2D eigenvalue weighted by atomic mass is 10.1. The van der Waals surface area contributed by atoms with Gasteiger partial charge in [-0.15, -0.1) is 11.3 Å². The predicted octanol–water partition coefficient (Wildman–Crippen LogP) is 7.98. The van der Waals surface area contributed by atoms with E-state index in [1.54, 1.807) is 94.4 Å². The largest absolute Gasteiger partial charge is 0.444 e. The summed E-state index contributed by atoms with van der Waals surface area (Å²) < 4.78 is 21.1. The molecule has 0 atom stereocenters. The molecular formula is C36H62N6O8S. The standard InChI is InChI=1S/C36H62N6O8S/c1-33(2,3)47-29(43)39-27(40-30(44)48-34(4,5)6)37-23-17-15-13-14-16-19-25-21-22-26(51-25)20-18-24-38-28(41-31(45)49-35(7,8)9)42-32(46)50-36(10,11)12/h21-22H,13-20,23-24H2,1-12H3,(H2,37,39,40,43,44)(H2,38,41,42,45,46). The molecule has 0 radical (unpaired) electrons. The van der Waals surface area contributed by atoms with Gasteiger partial charge in [-0.1, -0.05) is 19.3 Å². The zero-order chi connectivity index (χ0) is 38.9. The summed E-state index contributed by atoms with van der Waals surface area (Å²) in [5.74, 6) is -0.0262. The number of guanidine groups is 2. The van der Waals surface area contributed by atoms with Crippen LogP contribution in [-0.2, 0) is 31.8 Å². The first-order chi connectivity index (χ1) is 23.4. The van der Waals surface area contributed by atoms with Gasteiger partial charge in [-0.2, -0.15) is 0 Å². The summed E-state index contributed by atoms with van der Waals surface area (Å²) in [4.78, 5) is 60.4. The number of aliphatic imine (C=N–C) groups is 2. The second-order valence-corrected chi connectivity index (χ2v) is 17.2. The molecule has 0 saturated heterocycles. The molecule has 1 aromatic rings. The Morgan fingerprint density at radius 3 is 1.14 bits per heavy atom. The number of aryl methyl sites for hydroxylation is 2. The minimum atomic E-state index is -0.719. The fraction of sp³-hybridized carbons (Fsp3) is 0.722. The number of amides is 4. The molecule has 0 unspecified atom stereocenters. The van der Waals surface area contributed by atoms with E-state index >= 15 is 0 Å². The van der Waals surface area contributed by atoms with E-state index in [0.29, 0.717) is 13.1 Å². The van der Waals surface area contributed by atoms with E-state index < -0.39 is 46.8 Å². The third kappa shape index (κ3) is 25.7. The van der Waals surface area contributed by atoms with Crippen LogP contribution >= 0.6 is 11.3 Å². The Balaban J connectivity index is 2.52. The fourth-order valence-corrected chi connectivity index (χ4v) is 5.19. The molecule has 0 saturated carbocycles. The molecular weight excluding hydrogens is 676 g/mol. The van der Waals surface area contributed by atoms with Gasteiger partial charge in [-0.25, -0.2) is 19.2 Å². The Labute approximate surface area is 308 Å². The molecule has 0 aliphatic rings. The number of carbonyl (C=O) groups is 4. The highest BCUT2D eigenvalue weighted by Crippen LogP contribution is 2.21. The monoisotopic (exact) mass is 738 g/mol. The van der Waals surface area contributed by atoms with Crippen molar-refractivity contribution in [3.05, 3.63) is 21.9 Å². The zero-order valence-corrected chi connectivity index (χ0v) is 33.6. The number of nitrogens with zero attached hydrogens (tertiary/aromatic N) is 2. The molecule has 1 aromatic heterocycles. The number of unbranched alkanes of at least 4 members (excludes halogenated alkanes) is 4. The molecule has 0 fully saturated rings. The van der Waals surface area contributed by atoms with Crippen LogP contribution in [0.15, 0.2) is 22.1 Å². The molecule has 1 rings (SSSR count). The van der Waals surface area contributed by atoms with Crippen LogP contribution in [0.3, 0.4) is 0 Å². The molecule has 0 bridgehead atoms. The Morgan fingerprint density at radius 2 is 0.784 bits per heavy atom. The third-order valence-corrected chi connectivity index (χ3v) is 7.10. The van der Waals surface area contributed by atoms with E-state index in [1.807, 2.05) is 0 Å². The Morgan fingerprint density at radius 1 is 0.490 bits per heavy atom. The maximum absolute atomic E-state index is 12.3. The van der Waals surface area contributed by atoms with Crippen LogP contribution in [0, 0.1) is 0 Å². The van der Waals surface area contributed by atoms with Crippen molar-refractivity contribution < 1.29 is 38.1 Å². The van der Waals surface area contributed by atoms with E-state index in [2.05, 4.69) is 43.4 Å². The first-order valence-corrected chi connectivity index (χ1v) is 18.4. The molecule has 290 valence electrons. The summed E-state index contributed by atoms with van der Waals surface area (Å²) in [5, 5.41) is 10.0. The number of carbonyl (C=O) groups excluding carboxylic acids is 4. The van der Waals surface area contributed by atoms with Gasteiger partial charge in [0.15, 0.2) is 0 Å². The van der Waals surface area contributed by atoms with Crippen LogP contribution < -0.4 is 21.3 Å². The quantitative estimate of drug-likeness (QED) is 0.0721. The molecule has 0 spiro atoms. The van der Waals surface area contributed by atoms with Crippen LogP contribution in [0.25, 0.3) is 0 Å². The number of nitrogens with one attached hydrogen (secondary N) is 4. The van der Waals surface area contributed by atoms with Gasteiger partial charge < -0.3 is 18.9 Å². The first-order valence-electron chi connectivity index (χ1n) is 17.6. The summed E-state index contributed by atoms with van der Waals surface area (Å²) >= 11 is 1.78. The number of hydrogen-bond donors (Lipinski definition) is 4. The van der Waals surface area contributed by atoms with Crippen molar-refractivity contribution in [2.24, 2.45) is 9.98 Å². The normalized spacial score (nSPS) is 11.8. The highest BCUT2D eigenvalue weighted by molar-refractivity contribution is 7.11. The highest BCUT2D eigenvalue weighted by Gasteiger charge is 2.22. The smallest absolute Gasteiger partial charge is 0.414 e. The number of rotatable bonds is 12. The van der Waals surface area contributed by atoms with Crippen LogP contribution in [0.2, 0.25) is 0 Å². The molecule has 0 aromatic carbocycles. The van der Waals surface area contributed by atoms with Gasteiger partial charge in [0.2, 0.25) is 11.9 Å². The van der Waals surface area contributed by atoms with E-state index in [4.69, 9.17) is 18.9 Å². The van der Waals surface area contributed by atoms with E-state index in [-0.39, 0.29) is 11.9 Å². The molecule has 4 amide bonds. The van der Waals surface area contributed by atoms with Gasteiger partial charge in [0, 0.05) is 22.8 Å². The Hall–Kier alpha value is -3.88. The number of thiophene rings is 1. The molecule has 0 aliphatic heterocycles. The molecule has 15 heteroatoms. The topological polar surface area (TPSA) is 178 Å². The van der Waals surface area contributed by atoms with Crippen molar-refractivity contribution in [3.8, 4) is 0 Å².